The molecule has 64 valence electrons. The lowest BCUT2D eigenvalue weighted by atomic mass is 10.3. The van der Waals surface area contributed by atoms with Crippen molar-refractivity contribution in [3.8, 4) is 0 Å². The van der Waals surface area contributed by atoms with Gasteiger partial charge in [-0.25, -0.2) is 4.98 Å². The van der Waals surface area contributed by atoms with E-state index in [1.807, 2.05) is 31.5 Å². The summed E-state index contributed by atoms with van der Waals surface area (Å²) in [5, 5.41) is 0. The number of aromatic nitrogens is 1. The van der Waals surface area contributed by atoms with Crippen molar-refractivity contribution in [3.05, 3.63) is 27.1 Å². The van der Waals surface area contributed by atoms with Crippen molar-refractivity contribution in [1.82, 2.24) is 4.98 Å². The van der Waals surface area contributed by atoms with Crippen molar-refractivity contribution in [1.29, 1.82) is 0 Å². The summed E-state index contributed by atoms with van der Waals surface area (Å²) in [6.07, 6.45) is 6.04. The summed E-state index contributed by atoms with van der Waals surface area (Å²) >= 11 is 5.84. The molecule has 0 radical (unpaired) electrons. The van der Waals surface area contributed by atoms with Gasteiger partial charge in [0.1, 0.15) is 0 Å². The van der Waals surface area contributed by atoms with Crippen LogP contribution in [0.2, 0.25) is 0 Å². The first-order valence-corrected chi connectivity index (χ1v) is 5.00. The lowest BCUT2D eigenvalue weighted by Gasteiger charge is -1.90. The minimum atomic E-state index is 0.978. The smallest absolute Gasteiger partial charge is 0.0819 e. The van der Waals surface area contributed by atoms with Crippen LogP contribution in [0, 0.1) is 0 Å². The number of thiazole rings is 1. The summed E-state index contributed by atoms with van der Waals surface area (Å²) in [6.45, 7) is 3.95. The number of hydrogen-bond acceptors (Lipinski definition) is 3. The van der Waals surface area contributed by atoms with E-state index in [9.17, 15) is 0 Å². The summed E-state index contributed by atoms with van der Waals surface area (Å²) in [6, 6.07) is 0. The van der Waals surface area contributed by atoms with E-state index in [0.717, 1.165) is 10.6 Å². The third-order valence-electron chi connectivity index (χ3n) is 1.29. The zero-order valence-corrected chi connectivity index (χ0v) is 8.82. The Morgan fingerprint density at radius 2 is 2.42 bits per heavy atom. The van der Waals surface area contributed by atoms with Gasteiger partial charge in [-0.05, 0) is 30.9 Å². The van der Waals surface area contributed by atoms with Gasteiger partial charge in [0.05, 0.1) is 16.1 Å². The van der Waals surface area contributed by atoms with Gasteiger partial charge >= 0.3 is 0 Å². The number of rotatable bonds is 2. The molecule has 3 heteroatoms. The highest BCUT2D eigenvalue weighted by Crippen LogP contribution is 2.18. The second-order valence-corrected chi connectivity index (χ2v) is 3.98. The van der Waals surface area contributed by atoms with Crippen molar-refractivity contribution in [2.45, 2.75) is 13.8 Å². The molecule has 0 aliphatic carbocycles. The van der Waals surface area contributed by atoms with E-state index < -0.39 is 0 Å². The van der Waals surface area contributed by atoms with E-state index in [2.05, 4.69) is 23.7 Å². The van der Waals surface area contributed by atoms with Gasteiger partial charge in [-0.1, -0.05) is 6.08 Å². The van der Waals surface area contributed by atoms with Crippen LogP contribution in [0.5, 0.6) is 0 Å². The third kappa shape index (κ3) is 2.50. The van der Waals surface area contributed by atoms with Crippen LogP contribution in [-0.4, -0.2) is 4.98 Å². The zero-order chi connectivity index (χ0) is 8.97. The van der Waals surface area contributed by atoms with E-state index in [-0.39, 0.29) is 0 Å². The Kier molecular flexibility index (Phi) is 3.56. The SMILES string of the molecule is C/C=C\c1scnc1/C=C(\C)S. The number of allylic oxidation sites excluding steroid dienone is 2. The summed E-state index contributed by atoms with van der Waals surface area (Å²) in [4.78, 5) is 6.38. The van der Waals surface area contributed by atoms with E-state index in [4.69, 9.17) is 0 Å². The van der Waals surface area contributed by atoms with Crippen LogP contribution in [0.15, 0.2) is 16.5 Å². The monoisotopic (exact) mass is 197 g/mol. The van der Waals surface area contributed by atoms with Crippen LogP contribution in [0.1, 0.15) is 24.4 Å². The Balaban J connectivity index is 2.99. The summed E-state index contributed by atoms with van der Waals surface area (Å²) in [5.74, 6) is 0. The molecule has 0 atom stereocenters. The molecule has 12 heavy (non-hydrogen) atoms. The topological polar surface area (TPSA) is 12.9 Å². The van der Waals surface area contributed by atoms with Gasteiger partial charge in [0.25, 0.3) is 0 Å². The molecule has 0 unspecified atom stereocenters. The van der Waals surface area contributed by atoms with Gasteiger partial charge in [-0.2, -0.15) is 0 Å². The maximum absolute atomic E-state index is 4.22. The molecule has 0 aliphatic rings. The molecule has 0 aromatic carbocycles. The lowest BCUT2D eigenvalue weighted by molar-refractivity contribution is 1.37. The first-order valence-electron chi connectivity index (χ1n) is 3.67. The normalized spacial score (nSPS) is 12.8. The van der Waals surface area contributed by atoms with Crippen molar-refractivity contribution < 1.29 is 0 Å². The van der Waals surface area contributed by atoms with Crippen molar-refractivity contribution in [3.63, 3.8) is 0 Å². The molecule has 0 N–H and O–H groups in total. The number of hydrogen-bond donors (Lipinski definition) is 1. The summed E-state index contributed by atoms with van der Waals surface area (Å²) in [5.41, 5.74) is 2.85. The molecular formula is C9H11NS2. The molecule has 1 aromatic rings. The van der Waals surface area contributed by atoms with Gasteiger partial charge in [-0.15, -0.1) is 24.0 Å². The molecule has 0 amide bonds. The quantitative estimate of drug-likeness (QED) is 0.716. The first kappa shape index (κ1) is 9.55. The highest BCUT2D eigenvalue weighted by molar-refractivity contribution is 7.84. The molecule has 0 saturated carbocycles. The molecule has 0 aliphatic heterocycles. The Labute approximate surface area is 82.3 Å². The molecule has 0 spiro atoms. The molecule has 1 aromatic heterocycles. The van der Waals surface area contributed by atoms with Crippen LogP contribution >= 0.6 is 24.0 Å². The lowest BCUT2D eigenvalue weighted by Crippen LogP contribution is -1.74. The largest absolute Gasteiger partial charge is 0.245 e. The molecule has 1 heterocycles. The van der Waals surface area contributed by atoms with Gasteiger partial charge in [-0.3, -0.25) is 0 Å². The van der Waals surface area contributed by atoms with E-state index in [1.54, 1.807) is 11.3 Å². The van der Waals surface area contributed by atoms with Gasteiger partial charge in [0.15, 0.2) is 0 Å². The Morgan fingerprint density at radius 1 is 1.67 bits per heavy atom. The Hall–Kier alpha value is -0.540. The minimum absolute atomic E-state index is 0.978. The second-order valence-electron chi connectivity index (χ2n) is 2.39. The molecule has 1 rings (SSSR count). The summed E-state index contributed by atoms with van der Waals surface area (Å²) in [7, 11) is 0. The third-order valence-corrected chi connectivity index (χ3v) is 2.23. The van der Waals surface area contributed by atoms with Crippen LogP contribution in [0.25, 0.3) is 12.2 Å². The van der Waals surface area contributed by atoms with Crippen LogP contribution in [0.3, 0.4) is 0 Å². The van der Waals surface area contributed by atoms with Gasteiger partial charge in [0.2, 0.25) is 0 Å². The maximum atomic E-state index is 4.22. The van der Waals surface area contributed by atoms with E-state index in [1.165, 1.54) is 4.88 Å². The fraction of sp³-hybridized carbons (Fsp3) is 0.222. The fourth-order valence-corrected chi connectivity index (χ4v) is 1.70. The Morgan fingerprint density at radius 3 is 3.00 bits per heavy atom. The average molecular weight is 197 g/mol. The fourth-order valence-electron chi connectivity index (χ4n) is 0.846. The highest BCUT2D eigenvalue weighted by atomic mass is 32.1. The molecule has 0 bridgehead atoms. The van der Waals surface area contributed by atoms with Crippen LogP contribution in [-0.2, 0) is 0 Å². The first-order chi connectivity index (χ1) is 5.74. The van der Waals surface area contributed by atoms with Crippen molar-refractivity contribution >= 4 is 36.1 Å². The molecular weight excluding hydrogens is 186 g/mol. The second kappa shape index (κ2) is 4.48. The summed E-state index contributed by atoms with van der Waals surface area (Å²) < 4.78 is 0. The maximum Gasteiger partial charge on any atom is 0.0819 e. The number of thiol groups is 1. The highest BCUT2D eigenvalue weighted by Gasteiger charge is 1.98. The predicted molar refractivity (Wildman–Crippen MR) is 59.5 cm³/mol. The minimum Gasteiger partial charge on any atom is -0.245 e. The zero-order valence-electron chi connectivity index (χ0n) is 7.11. The van der Waals surface area contributed by atoms with Gasteiger partial charge in [0, 0.05) is 0 Å². The average Bonchev–Trinajstić information content (AvgIpc) is 2.37. The molecule has 0 fully saturated rings. The predicted octanol–water partition coefficient (Wildman–Crippen LogP) is 3.47. The standard InChI is InChI=1S/C9H11NS2/c1-3-4-9-8(5-7(2)11)10-6-12-9/h3-6,11H,1-2H3/b4-3-,7-5+. The van der Waals surface area contributed by atoms with Gasteiger partial charge < -0.3 is 0 Å². The van der Waals surface area contributed by atoms with E-state index >= 15 is 0 Å². The van der Waals surface area contributed by atoms with Crippen LogP contribution < -0.4 is 0 Å². The molecule has 0 saturated heterocycles. The van der Waals surface area contributed by atoms with Crippen LogP contribution in [0.4, 0.5) is 0 Å². The number of nitrogens with zero attached hydrogens (tertiary/aromatic N) is 1. The molecule has 1 nitrogen and oxygen atoms in total. The van der Waals surface area contributed by atoms with E-state index in [0.29, 0.717) is 0 Å². The van der Waals surface area contributed by atoms with Crippen molar-refractivity contribution in [2.75, 3.05) is 0 Å². The van der Waals surface area contributed by atoms with Crippen molar-refractivity contribution in [2.24, 2.45) is 0 Å². The Bertz CT molecular complexity index is 306.